The fourth-order valence-corrected chi connectivity index (χ4v) is 2.40. The van der Waals surface area contributed by atoms with Crippen molar-refractivity contribution in [3.05, 3.63) is 64.2 Å². The van der Waals surface area contributed by atoms with Gasteiger partial charge in [0, 0.05) is 11.2 Å². The van der Waals surface area contributed by atoms with E-state index < -0.39 is 0 Å². The van der Waals surface area contributed by atoms with Gasteiger partial charge in [-0.25, -0.2) is 4.39 Å². The molecule has 94 valence electrons. The molecular formula is C15H15ClFN. The lowest BCUT2D eigenvalue weighted by atomic mass is 9.93. The first-order valence-corrected chi connectivity index (χ1v) is 6.31. The van der Waals surface area contributed by atoms with Crippen LogP contribution < -0.4 is 0 Å². The molecule has 1 aromatic heterocycles. The van der Waals surface area contributed by atoms with Gasteiger partial charge in [0.15, 0.2) is 0 Å². The maximum Gasteiger partial charge on any atom is 0.147 e. The Morgan fingerprint density at radius 2 is 2.00 bits per heavy atom. The number of benzene rings is 1. The third-order valence-electron chi connectivity index (χ3n) is 3.11. The largest absolute Gasteiger partial charge is 0.259 e. The van der Waals surface area contributed by atoms with Crippen molar-refractivity contribution < 1.29 is 4.39 Å². The average molecular weight is 264 g/mol. The van der Waals surface area contributed by atoms with Gasteiger partial charge in [-0.05, 0) is 42.5 Å². The van der Waals surface area contributed by atoms with Gasteiger partial charge in [0.05, 0.1) is 5.69 Å². The first-order valence-electron chi connectivity index (χ1n) is 5.94. The predicted molar refractivity (Wildman–Crippen MR) is 72.5 cm³/mol. The molecule has 1 atom stereocenters. The van der Waals surface area contributed by atoms with Gasteiger partial charge >= 0.3 is 0 Å². The lowest BCUT2D eigenvalue weighted by Gasteiger charge is -2.14. The van der Waals surface area contributed by atoms with Gasteiger partial charge in [0.2, 0.25) is 0 Å². The summed E-state index contributed by atoms with van der Waals surface area (Å²) >= 11 is 6.15. The van der Waals surface area contributed by atoms with E-state index in [1.54, 1.807) is 19.2 Å². The van der Waals surface area contributed by atoms with E-state index in [4.69, 9.17) is 11.6 Å². The van der Waals surface area contributed by atoms with E-state index in [-0.39, 0.29) is 11.7 Å². The molecule has 0 bridgehead atoms. The summed E-state index contributed by atoms with van der Waals surface area (Å²) in [6.45, 7) is 3.73. The Bertz CT molecular complexity index is 554. The average Bonchev–Trinajstić information content (AvgIpc) is 2.35. The third kappa shape index (κ3) is 2.70. The second kappa shape index (κ2) is 5.49. The molecule has 1 nitrogen and oxygen atoms in total. The number of rotatable bonds is 3. The van der Waals surface area contributed by atoms with Crippen LogP contribution in [0.15, 0.2) is 36.5 Å². The van der Waals surface area contributed by atoms with Gasteiger partial charge in [-0.2, -0.15) is 0 Å². The normalized spacial score (nSPS) is 12.4. The highest BCUT2D eigenvalue weighted by Crippen LogP contribution is 2.27. The van der Waals surface area contributed by atoms with Crippen molar-refractivity contribution in [2.75, 3.05) is 0 Å². The minimum Gasteiger partial charge on any atom is -0.259 e. The highest BCUT2D eigenvalue weighted by atomic mass is 35.5. The second-order valence-corrected chi connectivity index (χ2v) is 4.90. The molecule has 2 rings (SSSR count). The monoisotopic (exact) mass is 263 g/mol. The van der Waals surface area contributed by atoms with E-state index >= 15 is 0 Å². The van der Waals surface area contributed by atoms with Crippen LogP contribution in [-0.4, -0.2) is 4.98 Å². The Morgan fingerprint density at radius 3 is 2.72 bits per heavy atom. The maximum atomic E-state index is 13.9. The summed E-state index contributed by atoms with van der Waals surface area (Å²) < 4.78 is 13.9. The summed E-state index contributed by atoms with van der Waals surface area (Å²) in [7, 11) is 0. The van der Waals surface area contributed by atoms with Crippen molar-refractivity contribution in [3.63, 3.8) is 0 Å². The summed E-state index contributed by atoms with van der Waals surface area (Å²) in [5, 5.41) is 0.733. The minimum absolute atomic E-state index is 0.176. The summed E-state index contributed by atoms with van der Waals surface area (Å²) in [4.78, 5) is 3.94. The topological polar surface area (TPSA) is 12.9 Å². The van der Waals surface area contributed by atoms with Crippen molar-refractivity contribution in [1.29, 1.82) is 0 Å². The van der Waals surface area contributed by atoms with Crippen LogP contribution in [0.1, 0.15) is 29.7 Å². The number of nitrogens with zero attached hydrogens (tertiary/aromatic N) is 1. The van der Waals surface area contributed by atoms with Crippen LogP contribution in [0.4, 0.5) is 4.39 Å². The summed E-state index contributed by atoms with van der Waals surface area (Å²) in [6, 6.07) is 9.43. The van der Waals surface area contributed by atoms with Crippen molar-refractivity contribution in [1.82, 2.24) is 4.98 Å². The zero-order chi connectivity index (χ0) is 13.1. The molecule has 0 saturated carbocycles. The summed E-state index contributed by atoms with van der Waals surface area (Å²) in [5.41, 5.74) is 2.18. The third-order valence-corrected chi connectivity index (χ3v) is 3.45. The SMILES string of the molecule is Cc1nccc(CC(C)c2ccccc2Cl)c1F. The number of hydrogen-bond acceptors (Lipinski definition) is 1. The predicted octanol–water partition coefficient (Wildman–Crippen LogP) is 4.53. The van der Waals surface area contributed by atoms with Crippen LogP contribution >= 0.6 is 11.6 Å². The summed E-state index contributed by atoms with van der Waals surface area (Å²) in [5.74, 6) is -0.0357. The first kappa shape index (κ1) is 13.0. The molecular weight excluding hydrogens is 249 g/mol. The number of aryl methyl sites for hydroxylation is 1. The van der Waals surface area contributed by atoms with E-state index in [1.807, 2.05) is 24.3 Å². The van der Waals surface area contributed by atoms with Gasteiger partial charge in [-0.3, -0.25) is 4.98 Å². The molecule has 0 amide bonds. The van der Waals surface area contributed by atoms with Crippen molar-refractivity contribution >= 4 is 11.6 Å². The van der Waals surface area contributed by atoms with E-state index in [9.17, 15) is 4.39 Å². The molecule has 0 saturated heterocycles. The van der Waals surface area contributed by atoms with Gasteiger partial charge in [0.25, 0.3) is 0 Å². The number of hydrogen-bond donors (Lipinski definition) is 0. The smallest absolute Gasteiger partial charge is 0.147 e. The molecule has 0 fully saturated rings. The van der Waals surface area contributed by atoms with Gasteiger partial charge in [-0.1, -0.05) is 36.7 Å². The fourth-order valence-electron chi connectivity index (χ4n) is 2.07. The van der Waals surface area contributed by atoms with Crippen LogP contribution in [0.5, 0.6) is 0 Å². The van der Waals surface area contributed by atoms with Crippen LogP contribution in [-0.2, 0) is 6.42 Å². The fraction of sp³-hybridized carbons (Fsp3) is 0.267. The molecule has 0 aliphatic carbocycles. The van der Waals surface area contributed by atoms with E-state index in [2.05, 4.69) is 11.9 Å². The van der Waals surface area contributed by atoms with Crippen LogP contribution in [0.25, 0.3) is 0 Å². The Kier molecular flexibility index (Phi) is 3.97. The number of pyridine rings is 1. The molecule has 18 heavy (non-hydrogen) atoms. The van der Waals surface area contributed by atoms with Gasteiger partial charge < -0.3 is 0 Å². The van der Waals surface area contributed by atoms with Gasteiger partial charge in [0.1, 0.15) is 5.82 Å². The molecule has 1 aromatic carbocycles. The maximum absolute atomic E-state index is 13.9. The van der Waals surface area contributed by atoms with Gasteiger partial charge in [-0.15, -0.1) is 0 Å². The van der Waals surface area contributed by atoms with E-state index in [1.165, 1.54) is 0 Å². The molecule has 1 unspecified atom stereocenters. The highest BCUT2D eigenvalue weighted by molar-refractivity contribution is 6.31. The van der Waals surface area contributed by atoms with Crippen LogP contribution in [0.2, 0.25) is 5.02 Å². The molecule has 0 spiro atoms. The zero-order valence-corrected chi connectivity index (χ0v) is 11.2. The van der Waals surface area contributed by atoms with Crippen LogP contribution in [0, 0.1) is 12.7 Å². The summed E-state index contributed by atoms with van der Waals surface area (Å²) in [6.07, 6.45) is 2.27. The molecule has 0 radical (unpaired) electrons. The highest BCUT2D eigenvalue weighted by Gasteiger charge is 2.13. The lowest BCUT2D eigenvalue weighted by Crippen LogP contribution is -2.03. The Balaban J connectivity index is 2.24. The Morgan fingerprint density at radius 1 is 1.28 bits per heavy atom. The molecule has 2 aromatic rings. The molecule has 3 heteroatoms. The Hall–Kier alpha value is -1.41. The van der Waals surface area contributed by atoms with Crippen molar-refractivity contribution in [3.8, 4) is 0 Å². The molecule has 0 N–H and O–H groups in total. The second-order valence-electron chi connectivity index (χ2n) is 4.50. The molecule has 0 aliphatic rings. The lowest BCUT2D eigenvalue weighted by molar-refractivity contribution is 0.581. The van der Waals surface area contributed by atoms with Crippen molar-refractivity contribution in [2.45, 2.75) is 26.2 Å². The minimum atomic E-state index is -0.212. The van der Waals surface area contributed by atoms with E-state index in [0.717, 1.165) is 10.6 Å². The number of aromatic nitrogens is 1. The Labute approximate surface area is 112 Å². The first-order chi connectivity index (χ1) is 8.59. The molecule has 0 aliphatic heterocycles. The van der Waals surface area contributed by atoms with Crippen LogP contribution in [0.3, 0.4) is 0 Å². The molecule has 1 heterocycles. The standard InChI is InChI=1S/C15H15ClFN/c1-10(13-5-3-4-6-14(13)16)9-12-7-8-18-11(2)15(12)17/h3-8,10H,9H2,1-2H3. The zero-order valence-electron chi connectivity index (χ0n) is 10.5. The number of halogens is 2. The van der Waals surface area contributed by atoms with E-state index in [0.29, 0.717) is 17.7 Å². The van der Waals surface area contributed by atoms with Crippen molar-refractivity contribution in [2.24, 2.45) is 0 Å². The quantitative estimate of drug-likeness (QED) is 0.793.